The largest absolute Gasteiger partial charge is 0.489 e. The van der Waals surface area contributed by atoms with Crippen molar-refractivity contribution in [2.45, 2.75) is 17.4 Å². The minimum atomic E-state index is -9.88. The van der Waals surface area contributed by atoms with Crippen LogP contribution in [0.15, 0.2) is 47.4 Å². The summed E-state index contributed by atoms with van der Waals surface area (Å²) in [4.78, 5) is 10.2. The zero-order valence-corrected chi connectivity index (χ0v) is 16.5. The minimum absolute atomic E-state index is 0.0162. The van der Waals surface area contributed by atoms with Crippen LogP contribution in [0.1, 0.15) is 28.4 Å². The lowest BCUT2D eigenvalue weighted by molar-refractivity contribution is 0.0901. The number of nitriles is 3. The molecule has 0 heterocycles. The van der Waals surface area contributed by atoms with Crippen LogP contribution in [0.25, 0.3) is 0 Å². The highest BCUT2D eigenvalue weighted by Gasteiger charge is 2.65. The highest BCUT2D eigenvalue weighted by atomic mass is 32.5. The molecule has 2 rings (SSSR count). The number of ether oxygens (including phenoxy) is 1. The summed E-state index contributed by atoms with van der Waals surface area (Å²) in [7, 11) is -9.88. The smallest absolute Gasteiger partial charge is 0.310 e. The van der Waals surface area contributed by atoms with E-state index in [9.17, 15) is 29.5 Å². The molecule has 0 fully saturated rings. The number of rotatable bonds is 6. The van der Waals surface area contributed by atoms with E-state index in [-0.39, 0.29) is 29.0 Å². The second-order valence-corrected chi connectivity index (χ2v) is 9.02. The van der Waals surface area contributed by atoms with Crippen LogP contribution in [-0.4, -0.2) is 18.1 Å². The van der Waals surface area contributed by atoms with Crippen molar-refractivity contribution in [1.29, 1.82) is 15.8 Å². The minimum Gasteiger partial charge on any atom is -0.489 e. The van der Waals surface area contributed by atoms with Crippen molar-refractivity contribution in [3.05, 3.63) is 59.2 Å². The fraction of sp³-hybridized carbons (Fsp3) is 0.158. The van der Waals surface area contributed by atoms with Crippen molar-refractivity contribution in [3.8, 4) is 24.0 Å². The molecule has 1 atom stereocenters. The third-order valence-electron chi connectivity index (χ3n) is 3.95. The van der Waals surface area contributed by atoms with E-state index < -0.39 is 38.7 Å². The molecule has 31 heavy (non-hydrogen) atoms. The Morgan fingerprint density at radius 3 is 2.13 bits per heavy atom. The molecule has 0 aliphatic heterocycles. The second-order valence-electron chi connectivity index (χ2n) is 6.61. The number of hydrogen-bond donors (Lipinski definition) is 1. The molecule has 0 bridgehead atoms. The van der Waals surface area contributed by atoms with Crippen LogP contribution >= 0.6 is 10.2 Å². The van der Waals surface area contributed by atoms with Gasteiger partial charge in [-0.2, -0.15) is 15.8 Å². The fourth-order valence-corrected chi connectivity index (χ4v) is 2.96. The number of hydrogen-bond acceptors (Lipinski definition) is 5. The first kappa shape index (κ1) is 23.5. The molecule has 2 aromatic rings. The van der Waals surface area contributed by atoms with Gasteiger partial charge in [0, 0.05) is 5.56 Å². The number of nitrogens with zero attached hydrogens (tertiary/aromatic N) is 3. The molecule has 6 nitrogen and oxygen atoms in total. The van der Waals surface area contributed by atoms with E-state index in [4.69, 9.17) is 15.3 Å². The van der Waals surface area contributed by atoms with E-state index >= 15 is 0 Å². The summed E-state index contributed by atoms with van der Waals surface area (Å²) in [6.07, 6.45) is 0. The molecule has 0 aliphatic rings. The Morgan fingerprint density at radius 1 is 1.03 bits per heavy atom. The summed E-state index contributed by atoms with van der Waals surface area (Å²) in [5, 5.41) is 29.7. The lowest BCUT2D eigenvalue weighted by Gasteiger charge is -2.40. The van der Waals surface area contributed by atoms with Crippen LogP contribution < -0.4 is 10.1 Å². The van der Waals surface area contributed by atoms with Crippen LogP contribution in [0.2, 0.25) is 0 Å². The van der Waals surface area contributed by atoms with Crippen LogP contribution in [0.5, 0.6) is 5.75 Å². The standard InChI is InChI=1S/C19H13F5N4O2S/c1-19(11-27,12-30-17-8-13(9-25)2-3-15(17)10-26)28-18(29)14-4-6-16(7-5-14)31(20,21,22,23)24/h2-8H,12H2,1H3,(H,28,29). The molecule has 0 saturated carbocycles. The van der Waals surface area contributed by atoms with Gasteiger partial charge in [0.15, 0.2) is 5.54 Å². The molecule has 0 aliphatic carbocycles. The summed E-state index contributed by atoms with van der Waals surface area (Å²) in [5.74, 6) is -1.02. The van der Waals surface area contributed by atoms with Crippen molar-refractivity contribution in [1.82, 2.24) is 5.32 Å². The average Bonchev–Trinajstić information content (AvgIpc) is 2.70. The third-order valence-corrected chi connectivity index (χ3v) is 5.11. The van der Waals surface area contributed by atoms with Gasteiger partial charge in [0.25, 0.3) is 5.91 Å². The van der Waals surface area contributed by atoms with E-state index in [0.29, 0.717) is 12.1 Å². The molecule has 2 aromatic carbocycles. The zero-order valence-electron chi connectivity index (χ0n) is 15.7. The van der Waals surface area contributed by atoms with Crippen molar-refractivity contribution < 1.29 is 29.0 Å². The molecule has 0 aromatic heterocycles. The third kappa shape index (κ3) is 5.84. The lowest BCUT2D eigenvalue weighted by Crippen LogP contribution is -2.49. The summed E-state index contributed by atoms with van der Waals surface area (Å²) >= 11 is 0. The molecule has 0 saturated heterocycles. The normalized spacial score (nSPS) is 15.1. The molecular weight excluding hydrogens is 443 g/mol. The van der Waals surface area contributed by atoms with E-state index in [1.165, 1.54) is 25.1 Å². The number of benzene rings is 2. The monoisotopic (exact) mass is 456 g/mol. The Hall–Kier alpha value is -3.82. The van der Waals surface area contributed by atoms with Gasteiger partial charge < -0.3 is 10.1 Å². The van der Waals surface area contributed by atoms with Gasteiger partial charge in [0.05, 0.1) is 23.3 Å². The van der Waals surface area contributed by atoms with Crippen LogP contribution in [-0.2, 0) is 0 Å². The van der Waals surface area contributed by atoms with Gasteiger partial charge in [0.1, 0.15) is 23.3 Å². The first-order valence-corrected chi connectivity index (χ1v) is 10.2. The average molecular weight is 456 g/mol. The number of carbonyl (C=O) groups is 1. The Bertz CT molecular complexity index is 1160. The first-order valence-electron chi connectivity index (χ1n) is 8.26. The van der Waals surface area contributed by atoms with Gasteiger partial charge in [-0.05, 0) is 49.4 Å². The van der Waals surface area contributed by atoms with Gasteiger partial charge in [-0.1, -0.05) is 19.4 Å². The summed E-state index contributed by atoms with van der Waals surface area (Å²) in [6.45, 7) is 0.760. The van der Waals surface area contributed by atoms with Crippen molar-refractivity contribution in [3.63, 3.8) is 0 Å². The molecule has 1 amide bonds. The predicted molar refractivity (Wildman–Crippen MR) is 101 cm³/mol. The van der Waals surface area contributed by atoms with Crippen LogP contribution in [0.4, 0.5) is 19.4 Å². The van der Waals surface area contributed by atoms with Gasteiger partial charge in [-0.25, -0.2) is 0 Å². The van der Waals surface area contributed by atoms with Crippen molar-refractivity contribution >= 4 is 16.1 Å². The van der Waals surface area contributed by atoms with E-state index in [1.807, 2.05) is 12.1 Å². The van der Waals surface area contributed by atoms with Gasteiger partial charge in [-0.3, -0.25) is 4.79 Å². The van der Waals surface area contributed by atoms with E-state index in [1.54, 1.807) is 6.07 Å². The summed E-state index contributed by atoms with van der Waals surface area (Å²) < 4.78 is 69.3. The quantitative estimate of drug-likeness (QED) is 0.603. The first-order chi connectivity index (χ1) is 14.1. The molecule has 1 unspecified atom stereocenters. The number of carbonyl (C=O) groups excluding carboxylic acids is 1. The lowest BCUT2D eigenvalue weighted by atomic mass is 10.0. The Kier molecular flexibility index (Phi) is 5.41. The molecule has 162 valence electrons. The van der Waals surface area contributed by atoms with E-state index in [2.05, 4.69) is 5.32 Å². The second kappa shape index (κ2) is 7.15. The number of halogens is 5. The summed E-state index contributed by atoms with van der Waals surface area (Å²) in [5.41, 5.74) is -1.85. The van der Waals surface area contributed by atoms with Crippen molar-refractivity contribution in [2.24, 2.45) is 0 Å². The maximum atomic E-state index is 12.8. The molecular formula is C19H13F5N4O2S. The number of amides is 1. The predicted octanol–water partition coefficient (Wildman–Crippen LogP) is 5.18. The Morgan fingerprint density at radius 2 is 1.65 bits per heavy atom. The topological polar surface area (TPSA) is 110 Å². The highest BCUT2D eigenvalue weighted by Crippen LogP contribution is 3.02. The highest BCUT2D eigenvalue weighted by molar-refractivity contribution is 8.45. The maximum absolute atomic E-state index is 12.8. The summed E-state index contributed by atoms with van der Waals surface area (Å²) in [6, 6.07) is 10.7. The van der Waals surface area contributed by atoms with E-state index in [0.717, 1.165) is 0 Å². The maximum Gasteiger partial charge on any atom is 0.310 e. The molecule has 0 spiro atoms. The van der Waals surface area contributed by atoms with Crippen LogP contribution in [0, 0.1) is 34.0 Å². The fourth-order valence-electron chi connectivity index (χ4n) is 2.31. The number of nitrogens with one attached hydrogen (secondary N) is 1. The Balaban J connectivity index is 2.19. The SMILES string of the molecule is CC(C#N)(COc1cc(C#N)ccc1C#N)NC(=O)c1ccc(S(F)(F)(F)(F)F)cc1. The van der Waals surface area contributed by atoms with Crippen molar-refractivity contribution in [2.75, 3.05) is 6.61 Å². The zero-order chi connectivity index (χ0) is 23.6. The van der Waals surface area contributed by atoms with Crippen LogP contribution in [0.3, 0.4) is 0 Å². The van der Waals surface area contributed by atoms with Gasteiger partial charge >= 0.3 is 10.2 Å². The van der Waals surface area contributed by atoms with Gasteiger partial charge in [0.2, 0.25) is 0 Å². The molecule has 1 N–H and O–H groups in total. The van der Waals surface area contributed by atoms with Gasteiger partial charge in [-0.15, -0.1) is 0 Å². The Labute approximate surface area is 173 Å². The molecule has 12 heteroatoms. The molecule has 0 radical (unpaired) electrons.